The van der Waals surface area contributed by atoms with E-state index in [0.717, 1.165) is 0 Å². The van der Waals surface area contributed by atoms with Crippen molar-refractivity contribution in [3.63, 3.8) is 0 Å². The summed E-state index contributed by atoms with van der Waals surface area (Å²) in [7, 11) is 0. The number of benzene rings is 1. The van der Waals surface area contributed by atoms with E-state index in [-0.39, 0.29) is 18.4 Å². The normalized spacial score (nSPS) is 11.2. The predicted octanol–water partition coefficient (Wildman–Crippen LogP) is 3.04. The maximum atomic E-state index is 12.3. The van der Waals surface area contributed by atoms with Gasteiger partial charge in [0.2, 0.25) is 5.91 Å². The highest BCUT2D eigenvalue weighted by Gasteiger charge is 2.37. The Morgan fingerprint density at radius 1 is 1.12 bits per heavy atom. The molecule has 132 valence electrons. The van der Waals surface area contributed by atoms with Crippen molar-refractivity contribution in [2.24, 2.45) is 5.41 Å². The SMILES string of the molecule is CCC(CC)(CC(=O)Nc1ccccc1C(=O)NC(C)C)C(=O)O. The van der Waals surface area contributed by atoms with Crippen molar-refractivity contribution >= 4 is 23.5 Å². The minimum atomic E-state index is -1.08. The molecule has 24 heavy (non-hydrogen) atoms. The van der Waals surface area contributed by atoms with Crippen LogP contribution in [0.3, 0.4) is 0 Å². The molecule has 0 saturated heterocycles. The van der Waals surface area contributed by atoms with E-state index in [0.29, 0.717) is 24.1 Å². The van der Waals surface area contributed by atoms with Gasteiger partial charge in [-0.2, -0.15) is 0 Å². The zero-order valence-corrected chi connectivity index (χ0v) is 14.7. The summed E-state index contributed by atoms with van der Waals surface area (Å²) in [5.41, 5.74) is -0.347. The molecule has 0 spiro atoms. The van der Waals surface area contributed by atoms with Gasteiger partial charge in [-0.25, -0.2) is 0 Å². The van der Waals surface area contributed by atoms with Gasteiger partial charge in [0.05, 0.1) is 16.7 Å². The zero-order valence-electron chi connectivity index (χ0n) is 14.7. The average Bonchev–Trinajstić information content (AvgIpc) is 2.52. The number of rotatable bonds is 8. The third kappa shape index (κ3) is 4.81. The van der Waals surface area contributed by atoms with Crippen LogP contribution in [-0.4, -0.2) is 28.9 Å². The van der Waals surface area contributed by atoms with Gasteiger partial charge in [-0.1, -0.05) is 26.0 Å². The Labute approximate surface area is 142 Å². The Kier molecular flexibility index (Phi) is 6.95. The summed E-state index contributed by atoms with van der Waals surface area (Å²) in [5, 5.41) is 14.9. The monoisotopic (exact) mass is 334 g/mol. The minimum Gasteiger partial charge on any atom is -0.481 e. The molecule has 6 nitrogen and oxygen atoms in total. The van der Waals surface area contributed by atoms with Gasteiger partial charge >= 0.3 is 5.97 Å². The topological polar surface area (TPSA) is 95.5 Å². The summed E-state index contributed by atoms with van der Waals surface area (Å²) >= 11 is 0. The molecular formula is C18H26N2O4. The highest BCUT2D eigenvalue weighted by Crippen LogP contribution is 2.31. The summed E-state index contributed by atoms with van der Waals surface area (Å²) in [4.78, 5) is 36.1. The van der Waals surface area contributed by atoms with Crippen LogP contribution in [-0.2, 0) is 9.59 Å². The van der Waals surface area contributed by atoms with E-state index in [1.54, 1.807) is 38.1 Å². The van der Waals surface area contributed by atoms with Crippen LogP contribution in [0.1, 0.15) is 57.3 Å². The summed E-state index contributed by atoms with van der Waals surface area (Å²) in [6, 6.07) is 6.66. The maximum Gasteiger partial charge on any atom is 0.310 e. The van der Waals surface area contributed by atoms with Gasteiger partial charge in [0.15, 0.2) is 0 Å². The third-order valence-corrected chi connectivity index (χ3v) is 4.17. The number of hydrogen-bond acceptors (Lipinski definition) is 3. The molecule has 0 radical (unpaired) electrons. The molecule has 0 aliphatic carbocycles. The van der Waals surface area contributed by atoms with Gasteiger partial charge in [0.25, 0.3) is 5.91 Å². The second-order valence-electron chi connectivity index (χ2n) is 6.19. The van der Waals surface area contributed by atoms with E-state index < -0.39 is 17.3 Å². The number of carbonyl (C=O) groups excluding carboxylic acids is 2. The molecule has 1 aromatic rings. The van der Waals surface area contributed by atoms with E-state index >= 15 is 0 Å². The molecule has 0 unspecified atom stereocenters. The van der Waals surface area contributed by atoms with Gasteiger partial charge in [-0.05, 0) is 38.8 Å². The number of anilines is 1. The van der Waals surface area contributed by atoms with Crippen LogP contribution in [0, 0.1) is 5.41 Å². The Morgan fingerprint density at radius 3 is 2.21 bits per heavy atom. The molecule has 0 heterocycles. The second-order valence-corrected chi connectivity index (χ2v) is 6.19. The van der Waals surface area contributed by atoms with Crippen LogP contribution in [0.4, 0.5) is 5.69 Å². The molecule has 1 aromatic carbocycles. The predicted molar refractivity (Wildman–Crippen MR) is 92.9 cm³/mol. The van der Waals surface area contributed by atoms with Crippen LogP contribution in [0.2, 0.25) is 0 Å². The first-order valence-electron chi connectivity index (χ1n) is 8.19. The van der Waals surface area contributed by atoms with E-state index in [9.17, 15) is 19.5 Å². The van der Waals surface area contributed by atoms with Crippen molar-refractivity contribution in [3.8, 4) is 0 Å². The van der Waals surface area contributed by atoms with Crippen molar-refractivity contribution in [1.82, 2.24) is 5.32 Å². The quantitative estimate of drug-likeness (QED) is 0.681. The highest BCUT2D eigenvalue weighted by atomic mass is 16.4. The molecule has 2 amide bonds. The van der Waals surface area contributed by atoms with Crippen LogP contribution in [0.25, 0.3) is 0 Å². The van der Waals surface area contributed by atoms with Gasteiger partial charge in [0, 0.05) is 12.5 Å². The summed E-state index contributed by atoms with van der Waals surface area (Å²) in [6.45, 7) is 7.22. The Hall–Kier alpha value is -2.37. The van der Waals surface area contributed by atoms with Crippen molar-refractivity contribution < 1.29 is 19.5 Å². The number of aliphatic carboxylic acids is 1. The molecular weight excluding hydrogens is 308 g/mol. The number of carboxylic acids is 1. The van der Waals surface area contributed by atoms with Gasteiger partial charge in [-0.15, -0.1) is 0 Å². The fraction of sp³-hybridized carbons (Fsp3) is 0.500. The van der Waals surface area contributed by atoms with Crippen LogP contribution in [0.5, 0.6) is 0 Å². The molecule has 6 heteroatoms. The van der Waals surface area contributed by atoms with Crippen LogP contribution < -0.4 is 10.6 Å². The Balaban J connectivity index is 2.95. The molecule has 0 bridgehead atoms. The lowest BCUT2D eigenvalue weighted by molar-refractivity contribution is -0.151. The van der Waals surface area contributed by atoms with Crippen LogP contribution >= 0.6 is 0 Å². The number of nitrogens with one attached hydrogen (secondary N) is 2. The molecule has 1 rings (SSSR count). The molecule has 0 aliphatic heterocycles. The highest BCUT2D eigenvalue weighted by molar-refractivity contribution is 6.04. The molecule has 0 aromatic heterocycles. The Morgan fingerprint density at radius 2 is 1.71 bits per heavy atom. The molecule has 3 N–H and O–H groups in total. The Bertz CT molecular complexity index is 607. The van der Waals surface area contributed by atoms with E-state index in [2.05, 4.69) is 10.6 Å². The van der Waals surface area contributed by atoms with E-state index in [4.69, 9.17) is 0 Å². The summed E-state index contributed by atoms with van der Waals surface area (Å²) < 4.78 is 0. The van der Waals surface area contributed by atoms with E-state index in [1.807, 2.05) is 13.8 Å². The number of hydrogen-bond donors (Lipinski definition) is 3. The average molecular weight is 334 g/mol. The van der Waals surface area contributed by atoms with Gasteiger partial charge in [-0.3, -0.25) is 14.4 Å². The number of carbonyl (C=O) groups is 3. The first-order valence-corrected chi connectivity index (χ1v) is 8.19. The lowest BCUT2D eigenvalue weighted by Crippen LogP contribution is -2.35. The molecule has 0 saturated carbocycles. The largest absolute Gasteiger partial charge is 0.481 e. The maximum absolute atomic E-state index is 12.3. The molecule has 0 fully saturated rings. The molecule has 0 aliphatic rings. The molecule has 0 atom stereocenters. The van der Waals surface area contributed by atoms with Gasteiger partial charge in [0.1, 0.15) is 0 Å². The zero-order chi connectivity index (χ0) is 18.3. The first kappa shape index (κ1) is 19.7. The van der Waals surface area contributed by atoms with Crippen molar-refractivity contribution in [1.29, 1.82) is 0 Å². The lowest BCUT2D eigenvalue weighted by atomic mass is 9.79. The number of amides is 2. The summed E-state index contributed by atoms with van der Waals surface area (Å²) in [6.07, 6.45) is 0.596. The van der Waals surface area contributed by atoms with Crippen molar-refractivity contribution in [3.05, 3.63) is 29.8 Å². The number of carboxylic acid groups (broad SMARTS) is 1. The van der Waals surface area contributed by atoms with Gasteiger partial charge < -0.3 is 15.7 Å². The number of para-hydroxylation sites is 1. The summed E-state index contributed by atoms with van der Waals surface area (Å²) in [5.74, 6) is -1.67. The van der Waals surface area contributed by atoms with E-state index in [1.165, 1.54) is 0 Å². The second kappa shape index (κ2) is 8.47. The van der Waals surface area contributed by atoms with Crippen LogP contribution in [0.15, 0.2) is 24.3 Å². The minimum absolute atomic E-state index is 0.0268. The fourth-order valence-electron chi connectivity index (χ4n) is 2.51. The third-order valence-electron chi connectivity index (χ3n) is 4.17. The fourth-order valence-corrected chi connectivity index (χ4v) is 2.51. The smallest absolute Gasteiger partial charge is 0.310 e. The standard InChI is InChI=1S/C18H26N2O4/c1-5-18(6-2,17(23)24)11-15(21)20-14-10-8-7-9-13(14)16(22)19-12(3)4/h7-10,12H,5-6,11H2,1-4H3,(H,19,22)(H,20,21)(H,23,24). The van der Waals surface area contributed by atoms with Crippen molar-refractivity contribution in [2.45, 2.75) is 53.0 Å². The lowest BCUT2D eigenvalue weighted by Gasteiger charge is -2.26. The van der Waals surface area contributed by atoms with Crippen molar-refractivity contribution in [2.75, 3.05) is 5.32 Å². The first-order chi connectivity index (χ1) is 11.3.